The van der Waals surface area contributed by atoms with Crippen molar-refractivity contribution in [3.8, 4) is 0 Å². The molecule has 0 spiro atoms. The van der Waals surface area contributed by atoms with Gasteiger partial charge in [-0.1, -0.05) is 30.3 Å². The third kappa shape index (κ3) is 4.38. The first-order valence-corrected chi connectivity index (χ1v) is 10.2. The lowest BCUT2D eigenvalue weighted by Crippen LogP contribution is -2.40. The summed E-state index contributed by atoms with van der Waals surface area (Å²) < 4.78 is 0. The van der Waals surface area contributed by atoms with Crippen LogP contribution in [0.2, 0.25) is 0 Å². The lowest BCUT2D eigenvalue weighted by atomic mass is 10.1. The summed E-state index contributed by atoms with van der Waals surface area (Å²) in [5.41, 5.74) is 2.43. The Bertz CT molecular complexity index is 879. The van der Waals surface area contributed by atoms with Gasteiger partial charge in [0, 0.05) is 25.1 Å². The van der Waals surface area contributed by atoms with Gasteiger partial charge in [0.2, 0.25) is 17.7 Å². The minimum Gasteiger partial charge on any atom is -0.325 e. The lowest BCUT2D eigenvalue weighted by molar-refractivity contribution is -0.129. The number of piperidine rings is 1. The minimum atomic E-state index is -0.166. The molecule has 1 atom stereocenters. The second-order valence-corrected chi connectivity index (χ2v) is 7.63. The first-order chi connectivity index (χ1) is 14.1. The largest absolute Gasteiger partial charge is 0.325 e. The van der Waals surface area contributed by atoms with E-state index in [0.29, 0.717) is 30.6 Å². The zero-order valence-corrected chi connectivity index (χ0v) is 16.3. The molecule has 0 aromatic heterocycles. The van der Waals surface area contributed by atoms with Crippen LogP contribution in [-0.4, -0.2) is 35.2 Å². The van der Waals surface area contributed by atoms with Crippen LogP contribution in [0.5, 0.6) is 0 Å². The van der Waals surface area contributed by atoms with Crippen LogP contribution < -0.4 is 10.2 Å². The fraction of sp³-hybridized carbons (Fsp3) is 0.348. The molecule has 0 saturated carbocycles. The van der Waals surface area contributed by atoms with Gasteiger partial charge in [-0.3, -0.25) is 24.2 Å². The summed E-state index contributed by atoms with van der Waals surface area (Å²) in [5.74, 6) is -0.350. The molecule has 6 heteroatoms. The van der Waals surface area contributed by atoms with Gasteiger partial charge in [0.1, 0.15) is 0 Å². The quantitative estimate of drug-likeness (QED) is 0.794. The maximum atomic E-state index is 12.8. The topological polar surface area (TPSA) is 69.7 Å². The number of amides is 3. The van der Waals surface area contributed by atoms with E-state index in [0.717, 1.165) is 25.9 Å². The predicted octanol–water partition coefficient (Wildman–Crippen LogP) is 3.33. The number of hydrogen-bond donors (Lipinski definition) is 1. The molecule has 2 aliphatic heterocycles. The van der Waals surface area contributed by atoms with Crippen molar-refractivity contribution in [1.29, 1.82) is 0 Å². The van der Waals surface area contributed by atoms with E-state index in [-0.39, 0.29) is 23.8 Å². The fourth-order valence-corrected chi connectivity index (χ4v) is 4.09. The molecule has 150 valence electrons. The fourth-order valence-electron chi connectivity index (χ4n) is 4.09. The van der Waals surface area contributed by atoms with E-state index in [2.05, 4.69) is 22.3 Å². The standard InChI is InChI=1S/C23H25N3O3/c27-21-9-4-10-22(28)26(21)19-13-11-18(12-14-19)24-23(29)20-8-5-15-25(20)16-17-6-2-1-3-7-17/h1-3,6-7,11-14,20H,4-5,8-10,15-16H2,(H,24,29). The van der Waals surface area contributed by atoms with Gasteiger partial charge in [-0.15, -0.1) is 0 Å². The van der Waals surface area contributed by atoms with Gasteiger partial charge in [0.25, 0.3) is 0 Å². The number of benzene rings is 2. The van der Waals surface area contributed by atoms with Gasteiger partial charge in [-0.25, -0.2) is 0 Å². The highest BCUT2D eigenvalue weighted by molar-refractivity contribution is 6.16. The molecule has 2 aromatic carbocycles. The first kappa shape index (κ1) is 19.3. The molecule has 0 radical (unpaired) electrons. The Hall–Kier alpha value is -2.99. The molecule has 3 amide bonds. The van der Waals surface area contributed by atoms with Crippen LogP contribution in [0, 0.1) is 0 Å². The van der Waals surface area contributed by atoms with Gasteiger partial charge in [-0.05, 0) is 55.6 Å². The summed E-state index contributed by atoms with van der Waals surface area (Å²) in [7, 11) is 0. The summed E-state index contributed by atoms with van der Waals surface area (Å²) in [6, 6.07) is 17.0. The van der Waals surface area contributed by atoms with E-state index in [1.165, 1.54) is 10.5 Å². The molecular weight excluding hydrogens is 366 g/mol. The van der Waals surface area contributed by atoms with E-state index in [1.54, 1.807) is 24.3 Å². The van der Waals surface area contributed by atoms with Crippen molar-refractivity contribution in [2.75, 3.05) is 16.8 Å². The van der Waals surface area contributed by atoms with Gasteiger partial charge >= 0.3 is 0 Å². The molecule has 2 heterocycles. The normalized spacial score (nSPS) is 20.1. The number of nitrogens with zero attached hydrogens (tertiary/aromatic N) is 2. The molecule has 2 saturated heterocycles. The van der Waals surface area contributed by atoms with Gasteiger partial charge in [0.05, 0.1) is 11.7 Å². The number of rotatable bonds is 5. The number of anilines is 2. The molecule has 1 N–H and O–H groups in total. The van der Waals surface area contributed by atoms with E-state index < -0.39 is 0 Å². The maximum absolute atomic E-state index is 12.8. The second kappa shape index (κ2) is 8.57. The van der Waals surface area contributed by atoms with Gasteiger partial charge < -0.3 is 5.32 Å². The van der Waals surface area contributed by atoms with Crippen LogP contribution in [0.25, 0.3) is 0 Å². The minimum absolute atomic E-state index is 0.0173. The summed E-state index contributed by atoms with van der Waals surface area (Å²) in [6.45, 7) is 1.67. The van der Waals surface area contributed by atoms with Crippen molar-refractivity contribution in [1.82, 2.24) is 4.90 Å². The van der Waals surface area contributed by atoms with Crippen LogP contribution in [0.1, 0.15) is 37.7 Å². The number of carbonyl (C=O) groups excluding carboxylic acids is 3. The zero-order chi connectivity index (χ0) is 20.2. The summed E-state index contributed by atoms with van der Waals surface area (Å²) in [5, 5.41) is 2.98. The number of hydrogen-bond acceptors (Lipinski definition) is 4. The van der Waals surface area contributed by atoms with Gasteiger partial charge in [0.15, 0.2) is 0 Å². The van der Waals surface area contributed by atoms with Crippen LogP contribution in [-0.2, 0) is 20.9 Å². The van der Waals surface area contributed by atoms with Crippen molar-refractivity contribution in [2.24, 2.45) is 0 Å². The number of likely N-dealkylation sites (tertiary alicyclic amines) is 1. The Morgan fingerprint density at radius 1 is 0.931 bits per heavy atom. The van der Waals surface area contributed by atoms with Crippen molar-refractivity contribution < 1.29 is 14.4 Å². The molecule has 4 rings (SSSR count). The smallest absolute Gasteiger partial charge is 0.241 e. The molecule has 29 heavy (non-hydrogen) atoms. The van der Waals surface area contributed by atoms with Crippen LogP contribution in [0.4, 0.5) is 11.4 Å². The highest BCUT2D eigenvalue weighted by atomic mass is 16.2. The molecule has 2 aromatic rings. The molecule has 0 bridgehead atoms. The average molecular weight is 391 g/mol. The monoisotopic (exact) mass is 391 g/mol. The Balaban J connectivity index is 1.40. The second-order valence-electron chi connectivity index (χ2n) is 7.63. The molecule has 1 unspecified atom stereocenters. The predicted molar refractivity (Wildman–Crippen MR) is 111 cm³/mol. The third-order valence-corrected chi connectivity index (χ3v) is 5.57. The molecule has 0 aliphatic carbocycles. The molecular formula is C23H25N3O3. The van der Waals surface area contributed by atoms with Crippen molar-refractivity contribution >= 4 is 29.1 Å². The summed E-state index contributed by atoms with van der Waals surface area (Å²) >= 11 is 0. The van der Waals surface area contributed by atoms with Crippen molar-refractivity contribution in [2.45, 2.75) is 44.7 Å². The number of carbonyl (C=O) groups is 3. The van der Waals surface area contributed by atoms with Crippen molar-refractivity contribution in [3.05, 3.63) is 60.2 Å². The Labute approximate surface area is 170 Å². The van der Waals surface area contributed by atoms with Crippen LogP contribution in [0.3, 0.4) is 0 Å². The highest BCUT2D eigenvalue weighted by Gasteiger charge is 2.31. The Morgan fingerprint density at radius 3 is 2.31 bits per heavy atom. The van der Waals surface area contributed by atoms with E-state index in [1.807, 2.05) is 18.2 Å². The lowest BCUT2D eigenvalue weighted by Gasteiger charge is -2.25. The first-order valence-electron chi connectivity index (χ1n) is 10.2. The summed E-state index contributed by atoms with van der Waals surface area (Å²) in [6.07, 6.45) is 3.24. The maximum Gasteiger partial charge on any atom is 0.241 e. The number of imide groups is 1. The average Bonchev–Trinajstić information content (AvgIpc) is 3.18. The Kier molecular flexibility index (Phi) is 5.71. The SMILES string of the molecule is O=C(Nc1ccc(N2C(=O)CCCC2=O)cc1)C1CCCN1Cc1ccccc1. The van der Waals surface area contributed by atoms with E-state index in [9.17, 15) is 14.4 Å². The third-order valence-electron chi connectivity index (χ3n) is 5.57. The van der Waals surface area contributed by atoms with E-state index >= 15 is 0 Å². The molecule has 2 fully saturated rings. The molecule has 2 aliphatic rings. The van der Waals surface area contributed by atoms with Crippen LogP contribution in [0.15, 0.2) is 54.6 Å². The van der Waals surface area contributed by atoms with Crippen molar-refractivity contribution in [3.63, 3.8) is 0 Å². The zero-order valence-electron chi connectivity index (χ0n) is 16.3. The van der Waals surface area contributed by atoms with E-state index in [4.69, 9.17) is 0 Å². The summed E-state index contributed by atoms with van der Waals surface area (Å²) in [4.78, 5) is 40.4. The molecule has 6 nitrogen and oxygen atoms in total. The Morgan fingerprint density at radius 2 is 1.62 bits per heavy atom. The van der Waals surface area contributed by atoms with Crippen LogP contribution >= 0.6 is 0 Å². The van der Waals surface area contributed by atoms with Gasteiger partial charge in [-0.2, -0.15) is 0 Å². The highest BCUT2D eigenvalue weighted by Crippen LogP contribution is 2.25. The number of nitrogens with one attached hydrogen (secondary N) is 1.